The summed E-state index contributed by atoms with van der Waals surface area (Å²) in [4.78, 5) is 18.7. The molecular formula is C19H17ClN2OS. The van der Waals surface area contributed by atoms with Crippen molar-refractivity contribution in [2.24, 2.45) is 0 Å². The summed E-state index contributed by atoms with van der Waals surface area (Å²) in [5.74, 6) is 0.203. The molecule has 1 aliphatic heterocycles. The number of rotatable bonds is 3. The molecule has 2 aromatic heterocycles. The number of H-pyrrole nitrogens is 1. The van der Waals surface area contributed by atoms with Crippen LogP contribution in [0, 0.1) is 0 Å². The lowest BCUT2D eigenvalue weighted by molar-refractivity contribution is -0.130. The number of benzene rings is 1. The Balaban J connectivity index is 1.52. The number of aromatic nitrogens is 1. The number of amides is 1. The maximum absolute atomic E-state index is 12.4. The summed E-state index contributed by atoms with van der Waals surface area (Å²) in [5, 5.41) is 3.90. The number of nitrogens with zero attached hydrogens (tertiary/aromatic N) is 1. The monoisotopic (exact) mass is 356 g/mol. The number of fused-ring (bicyclic) bond motifs is 1. The lowest BCUT2D eigenvalue weighted by Gasteiger charge is -2.26. The van der Waals surface area contributed by atoms with Crippen molar-refractivity contribution in [1.82, 2.24) is 9.88 Å². The molecule has 1 aromatic carbocycles. The molecule has 4 rings (SSSR count). The molecule has 24 heavy (non-hydrogen) atoms. The van der Waals surface area contributed by atoms with Crippen LogP contribution in [-0.2, 0) is 11.2 Å². The van der Waals surface area contributed by atoms with E-state index in [2.05, 4.69) is 17.1 Å². The standard InChI is InChI=1S/C19H17ClN2OS/c20-17-5-1-4-15-16(12-21-19(15)17)13-6-8-22(9-7-13)18(23)11-14-3-2-10-24-14/h1-6,10,12,21H,7-9,11H2. The first kappa shape index (κ1) is 15.5. The number of carbonyl (C=O) groups excluding carboxylic acids is 1. The summed E-state index contributed by atoms with van der Waals surface area (Å²) in [6, 6.07) is 9.96. The van der Waals surface area contributed by atoms with E-state index in [-0.39, 0.29) is 5.91 Å². The quantitative estimate of drug-likeness (QED) is 0.722. The largest absolute Gasteiger partial charge is 0.359 e. The number of aromatic amines is 1. The van der Waals surface area contributed by atoms with Gasteiger partial charge >= 0.3 is 0 Å². The summed E-state index contributed by atoms with van der Waals surface area (Å²) < 4.78 is 0. The van der Waals surface area contributed by atoms with Crippen LogP contribution in [0.5, 0.6) is 0 Å². The number of para-hydroxylation sites is 1. The molecule has 0 aliphatic carbocycles. The van der Waals surface area contributed by atoms with E-state index in [1.165, 1.54) is 11.1 Å². The van der Waals surface area contributed by atoms with Crippen molar-refractivity contribution in [3.8, 4) is 0 Å². The van der Waals surface area contributed by atoms with Gasteiger partial charge in [-0.15, -0.1) is 11.3 Å². The van der Waals surface area contributed by atoms with Crippen molar-refractivity contribution >= 4 is 45.3 Å². The molecule has 3 nitrogen and oxygen atoms in total. The van der Waals surface area contributed by atoms with Gasteiger partial charge in [0.2, 0.25) is 5.91 Å². The fourth-order valence-electron chi connectivity index (χ4n) is 3.20. The van der Waals surface area contributed by atoms with Crippen molar-refractivity contribution in [2.45, 2.75) is 12.8 Å². The summed E-state index contributed by atoms with van der Waals surface area (Å²) in [6.45, 7) is 1.44. The molecule has 0 radical (unpaired) electrons. The Labute approximate surface area is 149 Å². The topological polar surface area (TPSA) is 36.1 Å². The molecule has 3 heterocycles. The molecule has 1 amide bonds. The molecule has 0 fully saturated rings. The van der Waals surface area contributed by atoms with Crippen molar-refractivity contribution in [3.63, 3.8) is 0 Å². The zero-order chi connectivity index (χ0) is 16.5. The van der Waals surface area contributed by atoms with Gasteiger partial charge in [0, 0.05) is 35.1 Å². The van der Waals surface area contributed by atoms with E-state index < -0.39 is 0 Å². The number of thiophene rings is 1. The van der Waals surface area contributed by atoms with Gasteiger partial charge in [-0.25, -0.2) is 0 Å². The van der Waals surface area contributed by atoms with Crippen LogP contribution in [0.4, 0.5) is 0 Å². The Hall–Kier alpha value is -2.04. The SMILES string of the molecule is O=C(Cc1cccs1)N1CC=C(c2c[nH]c3c(Cl)cccc23)CC1. The van der Waals surface area contributed by atoms with E-state index in [1.807, 2.05) is 40.7 Å². The van der Waals surface area contributed by atoms with Gasteiger partial charge in [-0.05, 0) is 29.5 Å². The average Bonchev–Trinajstić information content (AvgIpc) is 3.25. The fourth-order valence-corrected chi connectivity index (χ4v) is 4.12. The van der Waals surface area contributed by atoms with Crippen LogP contribution in [0.2, 0.25) is 5.02 Å². The number of hydrogen-bond donors (Lipinski definition) is 1. The van der Waals surface area contributed by atoms with E-state index >= 15 is 0 Å². The number of halogens is 1. The minimum absolute atomic E-state index is 0.203. The normalized spacial score (nSPS) is 14.9. The highest BCUT2D eigenvalue weighted by molar-refractivity contribution is 7.10. The molecule has 0 saturated heterocycles. The van der Waals surface area contributed by atoms with Gasteiger partial charge < -0.3 is 9.88 Å². The van der Waals surface area contributed by atoms with E-state index in [9.17, 15) is 4.79 Å². The molecule has 0 atom stereocenters. The van der Waals surface area contributed by atoms with Gasteiger partial charge in [-0.3, -0.25) is 4.79 Å². The second kappa shape index (κ2) is 6.46. The van der Waals surface area contributed by atoms with Gasteiger partial charge in [-0.1, -0.05) is 35.9 Å². The van der Waals surface area contributed by atoms with Gasteiger partial charge in [0.05, 0.1) is 17.0 Å². The van der Waals surface area contributed by atoms with Crippen molar-refractivity contribution in [3.05, 3.63) is 63.4 Å². The minimum Gasteiger partial charge on any atom is -0.359 e. The Morgan fingerprint density at radius 1 is 1.29 bits per heavy atom. The molecule has 1 aliphatic rings. The van der Waals surface area contributed by atoms with E-state index in [4.69, 9.17) is 11.6 Å². The maximum atomic E-state index is 12.4. The molecule has 122 valence electrons. The Bertz CT molecular complexity index is 911. The Kier molecular flexibility index (Phi) is 4.17. The van der Waals surface area contributed by atoms with Crippen LogP contribution in [-0.4, -0.2) is 28.9 Å². The third-order valence-corrected chi connectivity index (χ3v) is 5.67. The second-order valence-corrected chi connectivity index (χ2v) is 7.38. The van der Waals surface area contributed by atoms with Crippen LogP contribution in [0.15, 0.2) is 48.0 Å². The summed E-state index contributed by atoms with van der Waals surface area (Å²) in [5.41, 5.74) is 3.45. The smallest absolute Gasteiger partial charge is 0.228 e. The highest BCUT2D eigenvalue weighted by Gasteiger charge is 2.20. The molecule has 0 bridgehead atoms. The maximum Gasteiger partial charge on any atom is 0.228 e. The minimum atomic E-state index is 0.203. The highest BCUT2D eigenvalue weighted by atomic mass is 35.5. The van der Waals surface area contributed by atoms with E-state index in [1.54, 1.807) is 11.3 Å². The molecule has 1 N–H and O–H groups in total. The number of hydrogen-bond acceptors (Lipinski definition) is 2. The molecular weight excluding hydrogens is 340 g/mol. The predicted molar refractivity (Wildman–Crippen MR) is 101 cm³/mol. The fraction of sp³-hybridized carbons (Fsp3) is 0.211. The molecule has 0 unspecified atom stereocenters. The lowest BCUT2D eigenvalue weighted by atomic mass is 9.99. The van der Waals surface area contributed by atoms with Crippen LogP contribution in [0.3, 0.4) is 0 Å². The first-order valence-corrected chi connectivity index (χ1v) is 9.23. The summed E-state index contributed by atoms with van der Waals surface area (Å²) in [7, 11) is 0. The van der Waals surface area contributed by atoms with Crippen LogP contribution < -0.4 is 0 Å². The predicted octanol–water partition coefficient (Wildman–Crippen LogP) is 4.74. The zero-order valence-corrected chi connectivity index (χ0v) is 14.7. The van der Waals surface area contributed by atoms with E-state index in [0.29, 0.717) is 13.0 Å². The van der Waals surface area contributed by atoms with Gasteiger partial charge in [-0.2, -0.15) is 0 Å². The van der Waals surface area contributed by atoms with Crippen molar-refractivity contribution in [2.75, 3.05) is 13.1 Å². The third kappa shape index (κ3) is 2.87. The number of nitrogens with one attached hydrogen (secondary N) is 1. The third-order valence-electron chi connectivity index (χ3n) is 4.48. The molecule has 3 aromatic rings. The molecule has 0 spiro atoms. The first-order chi connectivity index (χ1) is 11.7. The molecule has 5 heteroatoms. The van der Waals surface area contributed by atoms with Crippen molar-refractivity contribution < 1.29 is 4.79 Å². The Morgan fingerprint density at radius 2 is 2.21 bits per heavy atom. The first-order valence-electron chi connectivity index (χ1n) is 7.97. The summed E-state index contributed by atoms with van der Waals surface area (Å²) in [6.07, 6.45) is 5.56. The van der Waals surface area contributed by atoms with Crippen LogP contribution >= 0.6 is 22.9 Å². The van der Waals surface area contributed by atoms with Gasteiger partial charge in [0.1, 0.15) is 0 Å². The number of carbonyl (C=O) groups is 1. The molecule has 0 saturated carbocycles. The van der Waals surface area contributed by atoms with Gasteiger partial charge in [0.25, 0.3) is 0 Å². The van der Waals surface area contributed by atoms with E-state index in [0.717, 1.165) is 33.8 Å². The van der Waals surface area contributed by atoms with Gasteiger partial charge in [0.15, 0.2) is 0 Å². The second-order valence-electron chi connectivity index (χ2n) is 5.94. The van der Waals surface area contributed by atoms with Crippen LogP contribution in [0.25, 0.3) is 16.5 Å². The Morgan fingerprint density at radius 3 is 2.96 bits per heavy atom. The lowest BCUT2D eigenvalue weighted by Crippen LogP contribution is -2.35. The zero-order valence-electron chi connectivity index (χ0n) is 13.1. The summed E-state index contributed by atoms with van der Waals surface area (Å²) >= 11 is 7.88. The van der Waals surface area contributed by atoms with Crippen molar-refractivity contribution in [1.29, 1.82) is 0 Å². The van der Waals surface area contributed by atoms with Crippen LogP contribution in [0.1, 0.15) is 16.9 Å². The average molecular weight is 357 g/mol. The highest BCUT2D eigenvalue weighted by Crippen LogP contribution is 2.32.